The molecule has 1 aliphatic carbocycles. The molecule has 38 heavy (non-hydrogen) atoms. The average Bonchev–Trinajstić information content (AvgIpc) is 3.32. The molecule has 0 aromatic heterocycles. The summed E-state index contributed by atoms with van der Waals surface area (Å²) in [6.45, 7) is 20.5. The van der Waals surface area contributed by atoms with Crippen LogP contribution in [0.4, 0.5) is 5.69 Å². The SMILES string of the molecule is CC.CC.CC.CC.CCC(C)Nc1ccc2c(c1)-c1ccccc1C2(c1ccccc1)c1ccccc1. The molecule has 0 fully saturated rings. The van der Waals surface area contributed by atoms with Crippen LogP contribution in [0.25, 0.3) is 11.1 Å². The molecule has 0 aliphatic heterocycles. The first-order chi connectivity index (χ1) is 18.7. The number of fused-ring (bicyclic) bond motifs is 3. The Hall–Kier alpha value is -3.32. The fourth-order valence-corrected chi connectivity index (χ4v) is 4.93. The van der Waals surface area contributed by atoms with Gasteiger partial charge in [0.15, 0.2) is 0 Å². The van der Waals surface area contributed by atoms with E-state index in [1.165, 1.54) is 39.1 Å². The molecule has 0 amide bonds. The van der Waals surface area contributed by atoms with E-state index in [4.69, 9.17) is 0 Å². The summed E-state index contributed by atoms with van der Waals surface area (Å²) < 4.78 is 0. The molecule has 1 aliphatic rings. The van der Waals surface area contributed by atoms with Crippen molar-refractivity contribution >= 4 is 5.69 Å². The smallest absolute Gasteiger partial charge is 0.0713 e. The molecule has 0 bridgehead atoms. The zero-order chi connectivity index (χ0) is 28.6. The summed E-state index contributed by atoms with van der Waals surface area (Å²) in [5.41, 5.74) is 8.88. The van der Waals surface area contributed by atoms with Crippen molar-refractivity contribution in [3.8, 4) is 11.1 Å². The maximum Gasteiger partial charge on any atom is 0.0713 e. The van der Waals surface area contributed by atoms with E-state index in [1.54, 1.807) is 0 Å². The first-order valence-electron chi connectivity index (χ1n) is 14.9. The highest BCUT2D eigenvalue weighted by Crippen LogP contribution is 2.56. The van der Waals surface area contributed by atoms with E-state index in [0.29, 0.717) is 6.04 Å². The van der Waals surface area contributed by atoms with Crippen LogP contribution in [0.1, 0.15) is 97.9 Å². The van der Waals surface area contributed by atoms with Gasteiger partial charge < -0.3 is 5.32 Å². The van der Waals surface area contributed by atoms with Gasteiger partial charge in [-0.3, -0.25) is 0 Å². The zero-order valence-electron chi connectivity index (χ0n) is 25.6. The van der Waals surface area contributed by atoms with Crippen molar-refractivity contribution < 1.29 is 0 Å². The predicted octanol–water partition coefficient (Wildman–Crippen LogP) is 11.4. The Morgan fingerprint density at radius 3 is 1.50 bits per heavy atom. The second-order valence-corrected chi connectivity index (χ2v) is 8.24. The van der Waals surface area contributed by atoms with Crippen molar-refractivity contribution in [1.82, 2.24) is 0 Å². The summed E-state index contributed by atoms with van der Waals surface area (Å²) >= 11 is 0. The fraction of sp³-hybridized carbons (Fsp3) is 0.351. The van der Waals surface area contributed by atoms with E-state index < -0.39 is 0 Å². The van der Waals surface area contributed by atoms with Crippen LogP contribution in [-0.4, -0.2) is 6.04 Å². The van der Waals surface area contributed by atoms with Gasteiger partial charge in [-0.1, -0.05) is 153 Å². The van der Waals surface area contributed by atoms with Crippen molar-refractivity contribution in [2.45, 2.75) is 87.1 Å². The summed E-state index contributed by atoms with van der Waals surface area (Å²) in [5, 5.41) is 3.66. The summed E-state index contributed by atoms with van der Waals surface area (Å²) in [6.07, 6.45) is 1.10. The van der Waals surface area contributed by atoms with Crippen LogP contribution in [0, 0.1) is 0 Å². The van der Waals surface area contributed by atoms with Crippen LogP contribution in [0.3, 0.4) is 0 Å². The number of hydrogen-bond donors (Lipinski definition) is 1. The largest absolute Gasteiger partial charge is 0.383 e. The quantitative estimate of drug-likeness (QED) is 0.248. The Bertz CT molecular complexity index is 1120. The van der Waals surface area contributed by atoms with Gasteiger partial charge in [0.05, 0.1) is 5.41 Å². The van der Waals surface area contributed by atoms with Gasteiger partial charge in [0.2, 0.25) is 0 Å². The van der Waals surface area contributed by atoms with E-state index in [2.05, 4.69) is 122 Å². The number of anilines is 1. The van der Waals surface area contributed by atoms with Gasteiger partial charge in [-0.15, -0.1) is 0 Å². The van der Waals surface area contributed by atoms with Crippen molar-refractivity contribution in [3.63, 3.8) is 0 Å². The molecule has 1 N–H and O–H groups in total. The molecule has 0 heterocycles. The monoisotopic (exact) mass is 509 g/mol. The summed E-state index contributed by atoms with van der Waals surface area (Å²) in [6, 6.07) is 38.2. The standard InChI is InChI=1S/C29H27N.4C2H6/c1-3-21(2)30-24-18-19-28-26(20-24)25-16-10-11-17-27(25)29(28,22-12-6-4-7-13-22)23-14-8-5-9-15-23;4*1-2/h4-21,30H,3H2,1-2H3;4*1-2H3. The van der Waals surface area contributed by atoms with Crippen LogP contribution in [0.5, 0.6) is 0 Å². The third-order valence-electron chi connectivity index (χ3n) is 6.48. The molecule has 1 nitrogen and oxygen atoms in total. The van der Waals surface area contributed by atoms with Crippen LogP contribution in [0.15, 0.2) is 103 Å². The summed E-state index contributed by atoms with van der Waals surface area (Å²) in [7, 11) is 0. The number of hydrogen-bond acceptors (Lipinski definition) is 1. The van der Waals surface area contributed by atoms with Crippen LogP contribution in [-0.2, 0) is 5.41 Å². The fourth-order valence-electron chi connectivity index (χ4n) is 4.93. The lowest BCUT2D eigenvalue weighted by Gasteiger charge is -2.33. The molecule has 4 aromatic rings. The van der Waals surface area contributed by atoms with E-state index in [0.717, 1.165) is 6.42 Å². The van der Waals surface area contributed by atoms with Gasteiger partial charge >= 0.3 is 0 Å². The minimum atomic E-state index is -0.302. The molecule has 0 radical (unpaired) electrons. The van der Waals surface area contributed by atoms with E-state index in [9.17, 15) is 0 Å². The molecular formula is C37H51N. The van der Waals surface area contributed by atoms with Gasteiger partial charge in [0.25, 0.3) is 0 Å². The third-order valence-corrected chi connectivity index (χ3v) is 6.48. The Balaban J connectivity index is 0.000000829. The third kappa shape index (κ3) is 6.57. The van der Waals surface area contributed by atoms with Crippen LogP contribution < -0.4 is 5.32 Å². The van der Waals surface area contributed by atoms with Crippen molar-refractivity contribution in [1.29, 1.82) is 0 Å². The van der Waals surface area contributed by atoms with E-state index in [-0.39, 0.29) is 5.41 Å². The number of nitrogens with one attached hydrogen (secondary N) is 1. The average molecular weight is 510 g/mol. The Kier molecular flexibility index (Phi) is 14.8. The lowest BCUT2D eigenvalue weighted by Crippen LogP contribution is -2.28. The zero-order valence-corrected chi connectivity index (χ0v) is 25.6. The highest BCUT2D eigenvalue weighted by molar-refractivity contribution is 5.87. The van der Waals surface area contributed by atoms with Gasteiger partial charge in [-0.2, -0.15) is 0 Å². The number of rotatable bonds is 5. The second-order valence-electron chi connectivity index (χ2n) is 8.24. The molecule has 1 unspecified atom stereocenters. The first-order valence-corrected chi connectivity index (χ1v) is 14.9. The molecular weight excluding hydrogens is 458 g/mol. The van der Waals surface area contributed by atoms with Gasteiger partial charge in [0.1, 0.15) is 0 Å². The minimum absolute atomic E-state index is 0.302. The van der Waals surface area contributed by atoms with Crippen LogP contribution >= 0.6 is 0 Å². The molecule has 0 saturated heterocycles. The molecule has 1 atom stereocenters. The Labute approximate surface area is 234 Å². The van der Waals surface area contributed by atoms with Crippen molar-refractivity contribution in [2.75, 3.05) is 5.32 Å². The maximum absolute atomic E-state index is 3.66. The van der Waals surface area contributed by atoms with Crippen molar-refractivity contribution in [2.24, 2.45) is 0 Å². The molecule has 0 saturated carbocycles. The second kappa shape index (κ2) is 17.2. The van der Waals surface area contributed by atoms with Gasteiger partial charge in [0, 0.05) is 11.7 Å². The summed E-state index contributed by atoms with van der Waals surface area (Å²) in [4.78, 5) is 0. The first kappa shape index (κ1) is 32.7. The van der Waals surface area contributed by atoms with Crippen LogP contribution in [0.2, 0.25) is 0 Å². The molecule has 0 spiro atoms. The topological polar surface area (TPSA) is 12.0 Å². The predicted molar refractivity (Wildman–Crippen MR) is 173 cm³/mol. The van der Waals surface area contributed by atoms with E-state index >= 15 is 0 Å². The van der Waals surface area contributed by atoms with Crippen molar-refractivity contribution in [3.05, 3.63) is 125 Å². The minimum Gasteiger partial charge on any atom is -0.383 e. The Morgan fingerprint density at radius 2 is 1.00 bits per heavy atom. The highest BCUT2D eigenvalue weighted by atomic mass is 14.9. The van der Waals surface area contributed by atoms with E-state index in [1.807, 2.05) is 55.4 Å². The normalized spacial score (nSPS) is 12.2. The molecule has 4 aromatic carbocycles. The lowest BCUT2D eigenvalue weighted by atomic mass is 9.68. The number of benzene rings is 4. The molecule has 1 heteroatoms. The Morgan fingerprint density at radius 1 is 0.553 bits per heavy atom. The molecule has 5 rings (SSSR count). The molecule has 204 valence electrons. The lowest BCUT2D eigenvalue weighted by molar-refractivity contribution is 0.761. The highest BCUT2D eigenvalue weighted by Gasteiger charge is 2.45. The summed E-state index contributed by atoms with van der Waals surface area (Å²) in [5.74, 6) is 0. The maximum atomic E-state index is 3.66. The van der Waals surface area contributed by atoms with Gasteiger partial charge in [-0.25, -0.2) is 0 Å². The van der Waals surface area contributed by atoms with Gasteiger partial charge in [-0.05, 0) is 58.9 Å².